The van der Waals surface area contributed by atoms with Gasteiger partial charge in [-0.25, -0.2) is 12.8 Å². The van der Waals surface area contributed by atoms with Gasteiger partial charge in [-0.2, -0.15) is 0 Å². The molecule has 2 aliphatic rings. The van der Waals surface area contributed by atoms with Gasteiger partial charge in [0.2, 0.25) is 0 Å². The minimum Gasteiger partial charge on any atom is -0.371 e. The van der Waals surface area contributed by atoms with Crippen LogP contribution in [0.3, 0.4) is 0 Å². The third-order valence-electron chi connectivity index (χ3n) is 3.41. The summed E-state index contributed by atoms with van der Waals surface area (Å²) >= 11 is 1.40. The van der Waals surface area contributed by atoms with Crippen molar-refractivity contribution >= 4 is 21.4 Å². The Labute approximate surface area is 104 Å². The molecule has 1 aromatic rings. The molecule has 0 aliphatic carbocycles. The van der Waals surface area contributed by atoms with E-state index in [9.17, 15) is 8.42 Å². The lowest BCUT2D eigenvalue weighted by atomic mass is 9.90. The molecule has 0 bridgehead atoms. The Hall–Kier alpha value is -0.500. The molecule has 7 heteroatoms. The van der Waals surface area contributed by atoms with E-state index in [0.29, 0.717) is 13.0 Å². The molecule has 2 atom stereocenters. The first-order valence-corrected chi connectivity index (χ1v) is 8.19. The molecular weight excluding hydrogens is 260 g/mol. The van der Waals surface area contributed by atoms with Gasteiger partial charge in [-0.15, -0.1) is 0 Å². The second-order valence-corrected chi connectivity index (χ2v) is 7.61. The number of rotatable bonds is 1. The Bertz CT molecular complexity index is 500. The van der Waals surface area contributed by atoms with Crippen molar-refractivity contribution in [3.05, 3.63) is 17.1 Å². The number of nitrogens with one attached hydrogen (secondary N) is 1. The average Bonchev–Trinajstić information content (AvgIpc) is 2.88. The first kappa shape index (κ1) is 11.6. The molecule has 2 saturated heterocycles. The second kappa shape index (κ2) is 4.01. The van der Waals surface area contributed by atoms with Crippen molar-refractivity contribution in [2.45, 2.75) is 18.1 Å². The summed E-state index contributed by atoms with van der Waals surface area (Å²) in [5, 5.41) is 3.37. The van der Waals surface area contributed by atoms with Crippen LogP contribution in [0.25, 0.3) is 0 Å². The lowest BCUT2D eigenvalue weighted by Gasteiger charge is -2.40. The summed E-state index contributed by atoms with van der Waals surface area (Å²) in [6, 6.07) is 1.89. The molecule has 1 N–H and O–H groups in total. The normalized spacial score (nSPS) is 36.4. The largest absolute Gasteiger partial charge is 0.371 e. The zero-order chi connectivity index (χ0) is 11.9. The third-order valence-corrected chi connectivity index (χ3v) is 5.97. The van der Waals surface area contributed by atoms with Gasteiger partial charge in [-0.1, -0.05) is 0 Å². The molecule has 2 unspecified atom stereocenters. The smallest absolute Gasteiger partial charge is 0.153 e. The minimum atomic E-state index is -2.96. The zero-order valence-electron chi connectivity index (χ0n) is 9.26. The number of ether oxygens (including phenoxy) is 1. The lowest BCUT2D eigenvalue weighted by Crippen LogP contribution is -2.52. The number of nitrogens with zero attached hydrogens (tertiary/aromatic N) is 1. The van der Waals surface area contributed by atoms with Crippen LogP contribution in [0.5, 0.6) is 0 Å². The predicted octanol–water partition coefficient (Wildman–Crippen LogP) is 0.361. The SMILES string of the molecule is O=S1(=O)CCC2(C1)OCCNC2c1ccns1. The van der Waals surface area contributed by atoms with E-state index in [2.05, 4.69) is 9.69 Å². The van der Waals surface area contributed by atoms with Gasteiger partial charge in [0.25, 0.3) is 0 Å². The minimum absolute atomic E-state index is 0.0407. The average molecular weight is 274 g/mol. The standard InChI is InChI=1S/C10H14N2O3S2/c13-17(14)6-2-10(7-17)9(11-4-5-15-10)8-1-3-12-16-8/h1,3,9,11H,2,4-7H2. The molecule has 0 radical (unpaired) electrons. The van der Waals surface area contributed by atoms with E-state index >= 15 is 0 Å². The van der Waals surface area contributed by atoms with E-state index in [1.807, 2.05) is 6.07 Å². The van der Waals surface area contributed by atoms with Crippen molar-refractivity contribution in [2.75, 3.05) is 24.7 Å². The maximum Gasteiger partial charge on any atom is 0.153 e. The van der Waals surface area contributed by atoms with E-state index in [1.54, 1.807) is 6.20 Å². The van der Waals surface area contributed by atoms with Crippen LogP contribution in [-0.4, -0.2) is 43.0 Å². The fourth-order valence-electron chi connectivity index (χ4n) is 2.65. The third kappa shape index (κ3) is 2.01. The molecule has 2 aliphatic heterocycles. The molecule has 94 valence electrons. The van der Waals surface area contributed by atoms with Gasteiger partial charge in [0.1, 0.15) is 5.60 Å². The van der Waals surface area contributed by atoms with Crippen LogP contribution in [0.15, 0.2) is 12.3 Å². The Balaban J connectivity index is 1.96. The van der Waals surface area contributed by atoms with Crippen molar-refractivity contribution in [2.24, 2.45) is 0 Å². The number of aromatic nitrogens is 1. The monoisotopic (exact) mass is 274 g/mol. The zero-order valence-corrected chi connectivity index (χ0v) is 10.9. The Morgan fingerprint density at radius 2 is 2.47 bits per heavy atom. The molecule has 3 rings (SSSR count). The molecule has 0 saturated carbocycles. The molecule has 0 amide bonds. The van der Waals surface area contributed by atoms with Gasteiger partial charge in [0, 0.05) is 17.6 Å². The first-order valence-electron chi connectivity index (χ1n) is 5.60. The number of hydrogen-bond donors (Lipinski definition) is 1. The highest BCUT2D eigenvalue weighted by Gasteiger charge is 2.51. The van der Waals surface area contributed by atoms with Crippen molar-refractivity contribution in [3.63, 3.8) is 0 Å². The summed E-state index contributed by atoms with van der Waals surface area (Å²) < 4.78 is 33.3. The van der Waals surface area contributed by atoms with Crippen LogP contribution >= 0.6 is 11.5 Å². The Morgan fingerprint density at radius 3 is 3.12 bits per heavy atom. The maximum atomic E-state index is 11.7. The lowest BCUT2D eigenvalue weighted by molar-refractivity contribution is -0.0790. The molecule has 5 nitrogen and oxygen atoms in total. The molecule has 0 aromatic carbocycles. The van der Waals surface area contributed by atoms with Crippen LogP contribution in [0.2, 0.25) is 0 Å². The van der Waals surface area contributed by atoms with Crippen LogP contribution < -0.4 is 5.32 Å². The molecule has 1 spiro atoms. The molecular formula is C10H14N2O3S2. The van der Waals surface area contributed by atoms with E-state index in [0.717, 1.165) is 11.4 Å². The van der Waals surface area contributed by atoms with Crippen molar-refractivity contribution in [3.8, 4) is 0 Å². The number of sulfone groups is 1. The van der Waals surface area contributed by atoms with Gasteiger partial charge in [0.05, 0.1) is 24.2 Å². The van der Waals surface area contributed by atoms with Crippen LogP contribution in [-0.2, 0) is 14.6 Å². The molecule has 2 fully saturated rings. The van der Waals surface area contributed by atoms with Gasteiger partial charge < -0.3 is 10.1 Å². The summed E-state index contributed by atoms with van der Waals surface area (Å²) in [5.74, 6) is 0.347. The van der Waals surface area contributed by atoms with E-state index < -0.39 is 15.4 Å². The summed E-state index contributed by atoms with van der Waals surface area (Å²) in [5.41, 5.74) is -0.580. The van der Waals surface area contributed by atoms with Crippen LogP contribution in [0, 0.1) is 0 Å². The van der Waals surface area contributed by atoms with Crippen molar-refractivity contribution < 1.29 is 13.2 Å². The topological polar surface area (TPSA) is 68.3 Å². The molecule has 17 heavy (non-hydrogen) atoms. The molecule has 1 aromatic heterocycles. The van der Waals surface area contributed by atoms with E-state index in [4.69, 9.17) is 4.74 Å². The summed E-state index contributed by atoms with van der Waals surface area (Å²) in [6.45, 7) is 1.33. The highest BCUT2D eigenvalue weighted by Crippen LogP contribution is 2.41. The second-order valence-electron chi connectivity index (χ2n) is 4.56. The highest BCUT2D eigenvalue weighted by atomic mass is 32.2. The van der Waals surface area contributed by atoms with Crippen molar-refractivity contribution in [1.82, 2.24) is 9.69 Å². The van der Waals surface area contributed by atoms with Crippen LogP contribution in [0.1, 0.15) is 17.3 Å². The van der Waals surface area contributed by atoms with Crippen LogP contribution in [0.4, 0.5) is 0 Å². The Kier molecular flexibility index (Phi) is 2.73. The van der Waals surface area contributed by atoms with Gasteiger partial charge in [-0.05, 0) is 24.0 Å². The number of morpholine rings is 1. The van der Waals surface area contributed by atoms with Crippen molar-refractivity contribution in [1.29, 1.82) is 0 Å². The number of hydrogen-bond acceptors (Lipinski definition) is 6. The summed E-state index contributed by atoms with van der Waals surface area (Å²) in [6.07, 6.45) is 2.32. The van der Waals surface area contributed by atoms with Gasteiger partial charge in [0.15, 0.2) is 9.84 Å². The highest BCUT2D eigenvalue weighted by molar-refractivity contribution is 7.91. The summed E-state index contributed by atoms with van der Waals surface area (Å²) in [7, 11) is -2.96. The predicted molar refractivity (Wildman–Crippen MR) is 64.8 cm³/mol. The fraction of sp³-hybridized carbons (Fsp3) is 0.700. The first-order chi connectivity index (χ1) is 8.11. The molecule has 3 heterocycles. The van der Waals surface area contributed by atoms with Gasteiger partial charge in [-0.3, -0.25) is 0 Å². The van der Waals surface area contributed by atoms with E-state index in [-0.39, 0.29) is 17.5 Å². The maximum absolute atomic E-state index is 11.7. The van der Waals surface area contributed by atoms with E-state index in [1.165, 1.54) is 11.5 Å². The summed E-state index contributed by atoms with van der Waals surface area (Å²) in [4.78, 5) is 1.06. The van der Waals surface area contributed by atoms with Gasteiger partial charge >= 0.3 is 0 Å². The quantitative estimate of drug-likeness (QED) is 0.801. The Morgan fingerprint density at radius 1 is 1.59 bits per heavy atom. The fourth-order valence-corrected chi connectivity index (χ4v) is 5.36.